The van der Waals surface area contributed by atoms with Gasteiger partial charge in [-0.3, -0.25) is 4.98 Å². The predicted molar refractivity (Wildman–Crippen MR) is 185 cm³/mol. The summed E-state index contributed by atoms with van der Waals surface area (Å²) in [6, 6.07) is 22.7. The van der Waals surface area contributed by atoms with E-state index in [1.165, 1.54) is 0 Å². The third kappa shape index (κ3) is 7.31. The highest BCUT2D eigenvalue weighted by molar-refractivity contribution is 5.98. The Balaban J connectivity index is 0.00000400. The van der Waals surface area contributed by atoms with E-state index in [0.29, 0.717) is 23.4 Å². The molecule has 3 N–H and O–H groups in total. The number of halogens is 1. The molecular formula is C35H38ClN9. The Morgan fingerprint density at radius 1 is 0.933 bits per heavy atom. The number of nitriles is 1. The molecule has 1 aliphatic rings. The molecule has 5 aromatic rings. The molecule has 230 valence electrons. The van der Waals surface area contributed by atoms with E-state index in [0.717, 1.165) is 70.7 Å². The number of anilines is 5. The number of nitrogens with zero attached hydrogens (tertiary/aromatic N) is 6. The number of rotatable bonds is 7. The molecule has 6 rings (SSSR count). The molecule has 0 amide bonds. The van der Waals surface area contributed by atoms with Crippen LogP contribution in [0.4, 0.5) is 28.8 Å². The van der Waals surface area contributed by atoms with Crippen molar-refractivity contribution >= 4 is 52.1 Å². The molecule has 0 radical (unpaired) electrons. The zero-order valence-corrected chi connectivity index (χ0v) is 26.8. The molecule has 3 aromatic heterocycles. The smallest absolute Gasteiger partial charge is 0.227 e. The first kappa shape index (κ1) is 31.6. The van der Waals surface area contributed by atoms with Gasteiger partial charge in [0.2, 0.25) is 5.95 Å². The largest absolute Gasteiger partial charge is 0.370 e. The molecule has 1 saturated heterocycles. The van der Waals surface area contributed by atoms with Crippen LogP contribution in [0.1, 0.15) is 44.7 Å². The average molecular weight is 620 g/mol. The summed E-state index contributed by atoms with van der Waals surface area (Å²) in [5.74, 6) is 1.06. The van der Waals surface area contributed by atoms with E-state index < -0.39 is 0 Å². The summed E-state index contributed by atoms with van der Waals surface area (Å²) in [5, 5.41) is 22.0. The number of benzene rings is 2. The molecule has 0 atom stereocenters. The second-order valence-corrected chi connectivity index (χ2v) is 12.3. The summed E-state index contributed by atoms with van der Waals surface area (Å²) in [7, 11) is 0. The van der Waals surface area contributed by atoms with Gasteiger partial charge in [-0.1, -0.05) is 18.2 Å². The second kappa shape index (κ2) is 13.5. The molecule has 0 spiro atoms. The predicted octanol–water partition coefficient (Wildman–Crippen LogP) is 7.53. The highest BCUT2D eigenvalue weighted by atomic mass is 35.5. The maximum atomic E-state index is 10.4. The first-order chi connectivity index (χ1) is 21.3. The molecule has 0 aliphatic carbocycles. The van der Waals surface area contributed by atoms with Gasteiger partial charge in [-0.15, -0.1) is 12.4 Å². The Hall–Kier alpha value is -4.78. The highest BCUT2D eigenvalue weighted by Gasteiger charge is 2.27. The van der Waals surface area contributed by atoms with E-state index in [-0.39, 0.29) is 17.9 Å². The summed E-state index contributed by atoms with van der Waals surface area (Å²) >= 11 is 0. The van der Waals surface area contributed by atoms with Crippen LogP contribution in [0, 0.1) is 18.3 Å². The lowest BCUT2D eigenvalue weighted by atomic mass is 9.98. The molecule has 1 aliphatic heterocycles. The minimum Gasteiger partial charge on any atom is -0.370 e. The lowest BCUT2D eigenvalue weighted by Crippen LogP contribution is -2.49. The summed E-state index contributed by atoms with van der Waals surface area (Å²) in [6.07, 6.45) is 7.30. The van der Waals surface area contributed by atoms with Crippen LogP contribution in [0.5, 0.6) is 0 Å². The van der Waals surface area contributed by atoms with E-state index in [4.69, 9.17) is 4.98 Å². The van der Waals surface area contributed by atoms with Crippen LogP contribution >= 0.6 is 12.4 Å². The number of para-hydroxylation sites is 1. The van der Waals surface area contributed by atoms with Crippen molar-refractivity contribution in [3.63, 3.8) is 0 Å². The average Bonchev–Trinajstić information content (AvgIpc) is 3.02. The topological polar surface area (TPSA) is 115 Å². The van der Waals surface area contributed by atoms with Crippen LogP contribution in [-0.4, -0.2) is 44.6 Å². The molecule has 0 saturated carbocycles. The molecular weight excluding hydrogens is 582 g/mol. The zero-order valence-electron chi connectivity index (χ0n) is 26.0. The van der Waals surface area contributed by atoms with Crippen molar-refractivity contribution in [2.75, 3.05) is 28.6 Å². The van der Waals surface area contributed by atoms with Gasteiger partial charge in [0, 0.05) is 65.6 Å². The zero-order chi connectivity index (χ0) is 30.7. The minimum atomic E-state index is 0. The molecule has 0 bridgehead atoms. The summed E-state index contributed by atoms with van der Waals surface area (Å²) in [6.45, 7) is 10.4. The molecule has 10 heteroatoms. The van der Waals surface area contributed by atoms with Gasteiger partial charge in [-0.25, -0.2) is 15.0 Å². The van der Waals surface area contributed by atoms with E-state index in [2.05, 4.69) is 68.7 Å². The minimum absolute atomic E-state index is 0. The number of aryl methyl sites for hydroxylation is 1. The third-order valence-corrected chi connectivity index (χ3v) is 7.77. The maximum absolute atomic E-state index is 10.4. The van der Waals surface area contributed by atoms with Gasteiger partial charge in [-0.2, -0.15) is 5.26 Å². The van der Waals surface area contributed by atoms with Crippen molar-refractivity contribution in [3.8, 4) is 17.3 Å². The molecule has 45 heavy (non-hydrogen) atoms. The second-order valence-electron chi connectivity index (χ2n) is 12.3. The fourth-order valence-corrected chi connectivity index (χ4v) is 5.81. The van der Waals surface area contributed by atoms with E-state index in [9.17, 15) is 5.26 Å². The molecule has 4 heterocycles. The van der Waals surface area contributed by atoms with Gasteiger partial charge in [-0.05, 0) is 88.6 Å². The van der Waals surface area contributed by atoms with Crippen molar-refractivity contribution in [2.24, 2.45) is 0 Å². The monoisotopic (exact) mass is 619 g/mol. The van der Waals surface area contributed by atoms with Crippen molar-refractivity contribution in [2.45, 2.75) is 52.1 Å². The van der Waals surface area contributed by atoms with E-state index >= 15 is 0 Å². The highest BCUT2D eigenvalue weighted by Crippen LogP contribution is 2.37. The Labute approximate surface area is 270 Å². The van der Waals surface area contributed by atoms with Crippen LogP contribution in [-0.2, 0) is 0 Å². The van der Waals surface area contributed by atoms with Crippen LogP contribution < -0.4 is 20.9 Å². The number of pyridine rings is 2. The number of piperidine rings is 1. The van der Waals surface area contributed by atoms with Crippen molar-refractivity contribution in [3.05, 3.63) is 90.4 Å². The lowest BCUT2D eigenvalue weighted by Gasteiger charge is -2.38. The number of nitrogens with one attached hydrogen (secondary N) is 3. The lowest BCUT2D eigenvalue weighted by molar-refractivity contribution is 0.317. The fraction of sp³-hybridized carbons (Fsp3) is 0.286. The van der Waals surface area contributed by atoms with Gasteiger partial charge in [0.15, 0.2) is 5.82 Å². The van der Waals surface area contributed by atoms with Gasteiger partial charge >= 0.3 is 0 Å². The number of hydrogen-bond acceptors (Lipinski definition) is 9. The van der Waals surface area contributed by atoms with Gasteiger partial charge < -0.3 is 20.9 Å². The SMILES string of the molecule is Cc1cc(Nc2nc3ccccc3c(N3CCC(NC(C)(C)C)CC3)c2C#N)ccc1Nc1nccc(-c2cccnc2)n1.Cl. The van der Waals surface area contributed by atoms with Crippen molar-refractivity contribution < 1.29 is 0 Å². The Morgan fingerprint density at radius 2 is 1.73 bits per heavy atom. The summed E-state index contributed by atoms with van der Waals surface area (Å²) in [5.41, 5.74) is 6.90. The van der Waals surface area contributed by atoms with Gasteiger partial charge in [0.05, 0.1) is 16.9 Å². The standard InChI is InChI=1S/C35H37N9.ClH/c1-23-20-26(11-12-29(23)41-34-38-17-13-30(42-34)24-8-7-16-37-22-24)39-33-28(21-36)32(27-9-5-6-10-31(27)40-33)44-18-14-25(15-19-44)43-35(2,3)4;/h5-13,16-17,20,22,25,43H,14-15,18-19H2,1-4H3,(H,39,40)(H,38,41,42);1H. The first-order valence-electron chi connectivity index (χ1n) is 15.0. The number of hydrogen-bond donors (Lipinski definition) is 3. The summed E-state index contributed by atoms with van der Waals surface area (Å²) in [4.78, 5) is 20.5. The normalized spacial score (nSPS) is 13.6. The first-order valence-corrected chi connectivity index (χ1v) is 15.0. The van der Waals surface area contributed by atoms with Gasteiger partial charge in [0.1, 0.15) is 11.6 Å². The third-order valence-electron chi connectivity index (χ3n) is 7.77. The van der Waals surface area contributed by atoms with E-state index in [1.54, 1.807) is 18.6 Å². The molecule has 1 fully saturated rings. The van der Waals surface area contributed by atoms with Crippen LogP contribution in [0.3, 0.4) is 0 Å². The number of aromatic nitrogens is 4. The Bertz CT molecular complexity index is 1820. The molecule has 0 unspecified atom stereocenters. The Morgan fingerprint density at radius 3 is 2.44 bits per heavy atom. The summed E-state index contributed by atoms with van der Waals surface area (Å²) < 4.78 is 0. The van der Waals surface area contributed by atoms with Gasteiger partial charge in [0.25, 0.3) is 0 Å². The number of fused-ring (bicyclic) bond motifs is 1. The van der Waals surface area contributed by atoms with Crippen molar-refractivity contribution in [1.82, 2.24) is 25.3 Å². The van der Waals surface area contributed by atoms with Crippen LogP contribution in [0.15, 0.2) is 79.3 Å². The van der Waals surface area contributed by atoms with E-state index in [1.807, 2.05) is 61.5 Å². The van der Waals surface area contributed by atoms with Crippen molar-refractivity contribution in [1.29, 1.82) is 5.26 Å². The molecule has 9 nitrogen and oxygen atoms in total. The Kier molecular flexibility index (Phi) is 9.47. The van der Waals surface area contributed by atoms with Crippen LogP contribution in [0.25, 0.3) is 22.2 Å². The molecule has 2 aromatic carbocycles. The van der Waals surface area contributed by atoms with Crippen LogP contribution in [0.2, 0.25) is 0 Å². The fourth-order valence-electron chi connectivity index (χ4n) is 5.81. The quantitative estimate of drug-likeness (QED) is 0.170. The maximum Gasteiger partial charge on any atom is 0.227 e.